The normalized spacial score (nSPS) is 13.1. The fourth-order valence-corrected chi connectivity index (χ4v) is 2.81. The van der Waals surface area contributed by atoms with Crippen molar-refractivity contribution in [1.29, 1.82) is 0 Å². The first-order valence-electron chi connectivity index (χ1n) is 10.7. The Kier molecular flexibility index (Phi) is 13.1. The number of guanidine groups is 1. The second-order valence-electron chi connectivity index (χ2n) is 7.02. The SMILES string of the molecule is CCCOc1ccc(C(C)NC(=NCC(O)c2ccco2)NCC)cc1OCCC.I. The third kappa shape index (κ3) is 8.98. The van der Waals surface area contributed by atoms with Gasteiger partial charge in [0, 0.05) is 6.54 Å². The Balaban J connectivity index is 0.00000480. The van der Waals surface area contributed by atoms with Crippen LogP contribution in [-0.2, 0) is 0 Å². The van der Waals surface area contributed by atoms with Crippen molar-refractivity contribution in [2.75, 3.05) is 26.3 Å². The number of aliphatic imine (C=N–C) groups is 1. The summed E-state index contributed by atoms with van der Waals surface area (Å²) < 4.78 is 17.0. The number of aliphatic hydroxyl groups excluding tert-OH is 1. The third-order valence-electron chi connectivity index (χ3n) is 4.38. The Bertz CT molecular complexity index is 768. The molecule has 0 spiro atoms. The van der Waals surface area contributed by atoms with E-state index in [-0.39, 0.29) is 36.6 Å². The van der Waals surface area contributed by atoms with Crippen LogP contribution in [0.15, 0.2) is 46.0 Å². The molecule has 1 aromatic carbocycles. The minimum Gasteiger partial charge on any atom is -0.490 e. The first-order chi connectivity index (χ1) is 14.6. The maximum Gasteiger partial charge on any atom is 0.191 e. The minimum atomic E-state index is -0.783. The fraction of sp³-hybridized carbons (Fsp3) is 0.522. The van der Waals surface area contributed by atoms with Gasteiger partial charge in [-0.25, -0.2) is 0 Å². The molecule has 0 saturated heterocycles. The molecular formula is C23H36IN3O4. The number of nitrogens with zero attached hydrogens (tertiary/aromatic N) is 1. The molecule has 2 atom stereocenters. The highest BCUT2D eigenvalue weighted by molar-refractivity contribution is 14.0. The van der Waals surface area contributed by atoms with Crippen LogP contribution in [0.25, 0.3) is 0 Å². The summed E-state index contributed by atoms with van der Waals surface area (Å²) in [6.45, 7) is 10.4. The van der Waals surface area contributed by atoms with Crippen molar-refractivity contribution < 1.29 is 19.0 Å². The number of furan rings is 1. The maximum atomic E-state index is 10.2. The van der Waals surface area contributed by atoms with Gasteiger partial charge in [-0.1, -0.05) is 19.9 Å². The summed E-state index contributed by atoms with van der Waals surface area (Å²) in [5.41, 5.74) is 1.06. The number of benzene rings is 1. The van der Waals surface area contributed by atoms with Gasteiger partial charge in [0.15, 0.2) is 17.5 Å². The number of hydrogen-bond donors (Lipinski definition) is 3. The molecule has 2 rings (SSSR count). The number of rotatable bonds is 12. The van der Waals surface area contributed by atoms with Crippen molar-refractivity contribution in [3.8, 4) is 11.5 Å². The quantitative estimate of drug-likeness (QED) is 0.201. The van der Waals surface area contributed by atoms with Crippen LogP contribution in [0.3, 0.4) is 0 Å². The van der Waals surface area contributed by atoms with Crippen molar-refractivity contribution in [3.05, 3.63) is 47.9 Å². The Morgan fingerprint density at radius 3 is 2.42 bits per heavy atom. The van der Waals surface area contributed by atoms with E-state index in [1.165, 1.54) is 0 Å². The molecule has 0 bridgehead atoms. The molecular weight excluding hydrogens is 509 g/mol. The average Bonchev–Trinajstić information content (AvgIpc) is 3.29. The molecule has 0 aliphatic carbocycles. The van der Waals surface area contributed by atoms with Crippen LogP contribution < -0.4 is 20.1 Å². The van der Waals surface area contributed by atoms with E-state index in [0.717, 1.165) is 29.9 Å². The van der Waals surface area contributed by atoms with E-state index in [1.807, 2.05) is 25.1 Å². The van der Waals surface area contributed by atoms with Crippen molar-refractivity contribution in [3.63, 3.8) is 0 Å². The fourth-order valence-electron chi connectivity index (χ4n) is 2.81. The Labute approximate surface area is 202 Å². The topological polar surface area (TPSA) is 88.2 Å². The molecule has 174 valence electrons. The van der Waals surface area contributed by atoms with Gasteiger partial charge in [0.05, 0.1) is 32.1 Å². The van der Waals surface area contributed by atoms with Crippen LogP contribution in [0.5, 0.6) is 11.5 Å². The van der Waals surface area contributed by atoms with E-state index in [9.17, 15) is 5.11 Å². The number of nitrogens with one attached hydrogen (secondary N) is 2. The second kappa shape index (κ2) is 15.0. The molecule has 0 fully saturated rings. The van der Waals surface area contributed by atoms with Crippen LogP contribution in [0, 0.1) is 0 Å². The molecule has 31 heavy (non-hydrogen) atoms. The average molecular weight is 545 g/mol. The number of hydrogen-bond acceptors (Lipinski definition) is 5. The highest BCUT2D eigenvalue weighted by Crippen LogP contribution is 2.31. The van der Waals surface area contributed by atoms with Crippen molar-refractivity contribution in [2.24, 2.45) is 4.99 Å². The van der Waals surface area contributed by atoms with Crippen LogP contribution in [-0.4, -0.2) is 37.4 Å². The van der Waals surface area contributed by atoms with E-state index in [0.29, 0.717) is 31.5 Å². The van der Waals surface area contributed by atoms with Gasteiger partial charge in [0.2, 0.25) is 0 Å². The van der Waals surface area contributed by atoms with Gasteiger partial charge in [0.1, 0.15) is 11.9 Å². The summed E-state index contributed by atoms with van der Waals surface area (Å²) in [6, 6.07) is 9.47. The first kappa shape index (κ1) is 27.1. The molecule has 7 nitrogen and oxygen atoms in total. The van der Waals surface area contributed by atoms with Gasteiger partial charge in [-0.2, -0.15) is 0 Å². The Hall–Kier alpha value is -1.94. The molecule has 0 aliphatic heterocycles. The number of ether oxygens (including phenoxy) is 2. The largest absolute Gasteiger partial charge is 0.490 e. The van der Waals surface area contributed by atoms with Gasteiger partial charge in [0.25, 0.3) is 0 Å². The summed E-state index contributed by atoms with van der Waals surface area (Å²) in [5.74, 6) is 2.65. The zero-order chi connectivity index (χ0) is 21.8. The molecule has 2 aromatic rings. The summed E-state index contributed by atoms with van der Waals surface area (Å²) in [5, 5.41) is 16.8. The predicted molar refractivity (Wildman–Crippen MR) is 135 cm³/mol. The van der Waals surface area contributed by atoms with E-state index in [2.05, 4.69) is 36.4 Å². The third-order valence-corrected chi connectivity index (χ3v) is 4.38. The molecule has 0 amide bonds. The number of aliphatic hydroxyl groups is 1. The smallest absolute Gasteiger partial charge is 0.191 e. The zero-order valence-corrected chi connectivity index (χ0v) is 21.2. The lowest BCUT2D eigenvalue weighted by Gasteiger charge is -2.20. The summed E-state index contributed by atoms with van der Waals surface area (Å²) in [4.78, 5) is 4.49. The van der Waals surface area contributed by atoms with Crippen molar-refractivity contribution in [1.82, 2.24) is 10.6 Å². The molecule has 1 aromatic heterocycles. The maximum absolute atomic E-state index is 10.2. The Morgan fingerprint density at radius 2 is 1.81 bits per heavy atom. The predicted octanol–water partition coefficient (Wildman–Crippen LogP) is 4.82. The van der Waals surface area contributed by atoms with Gasteiger partial charge >= 0.3 is 0 Å². The molecule has 0 radical (unpaired) electrons. The van der Waals surface area contributed by atoms with E-state index in [1.54, 1.807) is 18.4 Å². The van der Waals surface area contributed by atoms with Gasteiger partial charge in [-0.3, -0.25) is 4.99 Å². The molecule has 3 N–H and O–H groups in total. The highest BCUT2D eigenvalue weighted by atomic mass is 127. The van der Waals surface area contributed by atoms with Crippen LogP contribution >= 0.6 is 24.0 Å². The van der Waals surface area contributed by atoms with Gasteiger partial charge < -0.3 is 29.6 Å². The van der Waals surface area contributed by atoms with Crippen LogP contribution in [0.4, 0.5) is 0 Å². The lowest BCUT2D eigenvalue weighted by Crippen LogP contribution is -2.39. The summed E-state index contributed by atoms with van der Waals surface area (Å²) in [6.07, 6.45) is 2.63. The standard InChI is InChI=1S/C23H35N3O4.HI/c1-5-12-28-21-11-10-18(15-22(21)29-13-6-2)17(4)26-23(24-7-3)25-16-19(27)20-9-8-14-30-20;/h8-11,14-15,17,19,27H,5-7,12-13,16H2,1-4H3,(H2,24,25,26);1H. The highest BCUT2D eigenvalue weighted by Gasteiger charge is 2.14. The van der Waals surface area contributed by atoms with Gasteiger partial charge in [-0.05, 0) is 56.5 Å². The minimum absolute atomic E-state index is 0. The van der Waals surface area contributed by atoms with E-state index < -0.39 is 6.10 Å². The molecule has 8 heteroatoms. The van der Waals surface area contributed by atoms with Crippen LogP contribution in [0.1, 0.15) is 64.0 Å². The molecule has 2 unspecified atom stereocenters. The van der Waals surface area contributed by atoms with E-state index in [4.69, 9.17) is 13.9 Å². The molecule has 0 aliphatic rings. The lowest BCUT2D eigenvalue weighted by atomic mass is 10.1. The van der Waals surface area contributed by atoms with Crippen molar-refractivity contribution >= 4 is 29.9 Å². The number of halogens is 1. The van der Waals surface area contributed by atoms with Gasteiger partial charge in [-0.15, -0.1) is 24.0 Å². The van der Waals surface area contributed by atoms with Crippen LogP contribution in [0.2, 0.25) is 0 Å². The van der Waals surface area contributed by atoms with Crippen molar-refractivity contribution in [2.45, 2.75) is 52.7 Å². The summed E-state index contributed by atoms with van der Waals surface area (Å²) in [7, 11) is 0. The molecule has 1 heterocycles. The zero-order valence-electron chi connectivity index (χ0n) is 18.9. The first-order valence-corrected chi connectivity index (χ1v) is 10.7. The lowest BCUT2D eigenvalue weighted by molar-refractivity contribution is 0.158. The summed E-state index contributed by atoms with van der Waals surface area (Å²) >= 11 is 0. The van der Waals surface area contributed by atoms with E-state index >= 15 is 0 Å². The molecule has 0 saturated carbocycles. The monoisotopic (exact) mass is 545 g/mol. The second-order valence-corrected chi connectivity index (χ2v) is 7.02. The Morgan fingerprint density at radius 1 is 1.10 bits per heavy atom.